The first-order chi connectivity index (χ1) is 23.8. The van der Waals surface area contributed by atoms with Gasteiger partial charge < -0.3 is 9.13 Å². The Balaban J connectivity index is 1.23. The van der Waals surface area contributed by atoms with Crippen LogP contribution in [0.2, 0.25) is 0 Å². The van der Waals surface area contributed by atoms with Crippen LogP contribution < -0.4 is 0 Å². The Morgan fingerprint density at radius 1 is 0.271 bits per heavy atom. The molecule has 0 aliphatic carbocycles. The minimum Gasteiger partial charge on any atom is -0.309 e. The van der Waals surface area contributed by atoms with Crippen molar-refractivity contribution in [2.24, 2.45) is 0 Å². The molecule has 0 spiro atoms. The van der Waals surface area contributed by atoms with Crippen molar-refractivity contribution >= 4 is 54.4 Å². The predicted octanol–water partition coefficient (Wildman–Crippen LogP) is 12.4. The maximum atomic E-state index is 2.47. The highest BCUT2D eigenvalue weighted by Gasteiger charge is 2.22. The summed E-state index contributed by atoms with van der Waals surface area (Å²) >= 11 is 0. The summed E-state index contributed by atoms with van der Waals surface area (Å²) in [6.45, 7) is 0. The van der Waals surface area contributed by atoms with Crippen molar-refractivity contribution in [3.8, 4) is 33.6 Å². The van der Waals surface area contributed by atoms with Crippen LogP contribution in [0.3, 0.4) is 0 Å². The van der Waals surface area contributed by atoms with Crippen molar-refractivity contribution in [2.45, 2.75) is 0 Å². The fraction of sp³-hybridized carbons (Fsp3) is 0. The first-order valence-corrected chi connectivity index (χ1v) is 16.5. The number of fused-ring (bicyclic) bond motifs is 9. The van der Waals surface area contributed by atoms with Crippen LogP contribution in [0, 0.1) is 0 Å². The maximum absolute atomic E-state index is 2.47. The molecule has 2 nitrogen and oxygen atoms in total. The molecule has 10 rings (SSSR count). The molecule has 0 radical (unpaired) electrons. The minimum atomic E-state index is 1.15. The summed E-state index contributed by atoms with van der Waals surface area (Å²) in [4.78, 5) is 0. The number of rotatable bonds is 4. The van der Waals surface area contributed by atoms with Gasteiger partial charge in [-0.2, -0.15) is 0 Å². The van der Waals surface area contributed by atoms with Crippen LogP contribution in [0.5, 0.6) is 0 Å². The number of para-hydroxylation sites is 2. The Labute approximate surface area is 278 Å². The zero-order chi connectivity index (χ0) is 31.6. The van der Waals surface area contributed by atoms with Crippen molar-refractivity contribution < 1.29 is 0 Å². The second-order valence-electron chi connectivity index (χ2n) is 12.6. The molecule has 2 heteroatoms. The molecule has 2 aromatic heterocycles. The van der Waals surface area contributed by atoms with Crippen molar-refractivity contribution in [2.75, 3.05) is 0 Å². The summed E-state index contributed by atoms with van der Waals surface area (Å²) in [5, 5.41) is 7.56. The lowest BCUT2D eigenvalue weighted by Gasteiger charge is -2.11. The summed E-state index contributed by atoms with van der Waals surface area (Å²) in [6, 6.07) is 66.1. The Hall–Kier alpha value is -6.38. The van der Waals surface area contributed by atoms with E-state index >= 15 is 0 Å². The first-order valence-electron chi connectivity index (χ1n) is 16.5. The summed E-state index contributed by atoms with van der Waals surface area (Å²) < 4.78 is 4.93. The maximum Gasteiger partial charge on any atom is 0.0641 e. The quantitative estimate of drug-likeness (QED) is 0.188. The molecule has 0 bridgehead atoms. The molecule has 0 aliphatic heterocycles. The van der Waals surface area contributed by atoms with Crippen LogP contribution in [-0.2, 0) is 0 Å². The number of benzene rings is 8. The molecule has 0 aliphatic rings. The van der Waals surface area contributed by atoms with Gasteiger partial charge in [-0.25, -0.2) is 0 Å². The standard InChI is InChI=1S/C46H30N2/c1-3-11-31(12-4-1)32-19-21-33(22-20-32)34-23-26-37(27-24-34)47-42-18-10-9-17-39(42)40-29-30-43-44(46(40)47)41-28-25-35-13-7-8-16-38(35)45(41)48(43)36-14-5-2-6-15-36/h1-30H. The molecule has 10 aromatic rings. The van der Waals surface area contributed by atoms with Crippen molar-refractivity contribution in [3.05, 3.63) is 182 Å². The van der Waals surface area contributed by atoms with Gasteiger partial charge in [0, 0.05) is 38.3 Å². The largest absolute Gasteiger partial charge is 0.309 e. The van der Waals surface area contributed by atoms with Crippen LogP contribution >= 0.6 is 0 Å². The predicted molar refractivity (Wildman–Crippen MR) is 203 cm³/mol. The number of aromatic nitrogens is 2. The smallest absolute Gasteiger partial charge is 0.0641 e. The van der Waals surface area contributed by atoms with Gasteiger partial charge in [0.1, 0.15) is 0 Å². The van der Waals surface area contributed by atoms with E-state index in [1.54, 1.807) is 0 Å². The van der Waals surface area contributed by atoms with Gasteiger partial charge in [-0.15, -0.1) is 0 Å². The van der Waals surface area contributed by atoms with Gasteiger partial charge >= 0.3 is 0 Å². The highest BCUT2D eigenvalue weighted by atomic mass is 15.0. The van der Waals surface area contributed by atoms with E-state index in [1.165, 1.54) is 82.3 Å². The zero-order valence-electron chi connectivity index (χ0n) is 26.2. The van der Waals surface area contributed by atoms with Gasteiger partial charge in [0.2, 0.25) is 0 Å². The Morgan fingerprint density at radius 2 is 0.792 bits per heavy atom. The highest BCUT2D eigenvalue weighted by Crippen LogP contribution is 2.43. The third kappa shape index (κ3) is 4.00. The number of hydrogen-bond acceptors (Lipinski definition) is 0. The average molecular weight is 611 g/mol. The lowest BCUT2D eigenvalue weighted by molar-refractivity contribution is 1.18. The lowest BCUT2D eigenvalue weighted by atomic mass is 10.0. The summed E-state index contributed by atoms with van der Waals surface area (Å²) in [6.07, 6.45) is 0. The Bertz CT molecular complexity index is 2780. The van der Waals surface area contributed by atoms with E-state index in [0.29, 0.717) is 0 Å². The van der Waals surface area contributed by atoms with Gasteiger partial charge in [-0.05, 0) is 64.0 Å². The number of hydrogen-bond donors (Lipinski definition) is 0. The third-order valence-corrected chi connectivity index (χ3v) is 9.91. The third-order valence-electron chi connectivity index (χ3n) is 9.91. The number of nitrogens with zero attached hydrogens (tertiary/aromatic N) is 2. The molecule has 0 saturated heterocycles. The molecule has 0 fully saturated rings. The lowest BCUT2D eigenvalue weighted by Crippen LogP contribution is -1.95. The molecule has 0 N–H and O–H groups in total. The van der Waals surface area contributed by atoms with Crippen molar-refractivity contribution in [1.82, 2.24) is 9.13 Å². The molecule has 0 amide bonds. The fourth-order valence-electron chi connectivity index (χ4n) is 7.72. The van der Waals surface area contributed by atoms with Crippen molar-refractivity contribution in [1.29, 1.82) is 0 Å². The molecule has 48 heavy (non-hydrogen) atoms. The molecule has 2 heterocycles. The van der Waals surface area contributed by atoms with Gasteiger partial charge in [-0.1, -0.05) is 146 Å². The first kappa shape index (κ1) is 26.8. The van der Waals surface area contributed by atoms with E-state index in [4.69, 9.17) is 0 Å². The van der Waals surface area contributed by atoms with Crippen LogP contribution in [0.25, 0.3) is 88.0 Å². The molecular formula is C46H30N2. The summed E-state index contributed by atoms with van der Waals surface area (Å²) in [5.41, 5.74) is 12.1. The van der Waals surface area contributed by atoms with E-state index < -0.39 is 0 Å². The normalized spacial score (nSPS) is 11.8. The van der Waals surface area contributed by atoms with Crippen LogP contribution in [0.4, 0.5) is 0 Å². The van der Waals surface area contributed by atoms with E-state index in [0.717, 1.165) is 5.69 Å². The minimum absolute atomic E-state index is 1.15. The SMILES string of the molecule is c1ccc(-c2ccc(-c3ccc(-n4c5ccccc5c5ccc6c(c7ccc8ccccc8c7n6-c6ccccc6)c54)cc3)cc2)cc1. The highest BCUT2D eigenvalue weighted by molar-refractivity contribution is 6.29. The van der Waals surface area contributed by atoms with Gasteiger partial charge in [0.05, 0.1) is 22.1 Å². The van der Waals surface area contributed by atoms with Gasteiger partial charge in [0.15, 0.2) is 0 Å². The van der Waals surface area contributed by atoms with E-state index in [-0.39, 0.29) is 0 Å². The average Bonchev–Trinajstić information content (AvgIpc) is 3.69. The molecule has 0 atom stereocenters. The van der Waals surface area contributed by atoms with E-state index in [9.17, 15) is 0 Å². The van der Waals surface area contributed by atoms with Crippen LogP contribution in [-0.4, -0.2) is 9.13 Å². The molecule has 0 saturated carbocycles. The van der Waals surface area contributed by atoms with E-state index in [1.807, 2.05) is 0 Å². The van der Waals surface area contributed by atoms with Gasteiger partial charge in [0.25, 0.3) is 0 Å². The molecular weight excluding hydrogens is 581 g/mol. The van der Waals surface area contributed by atoms with Gasteiger partial charge in [-0.3, -0.25) is 0 Å². The van der Waals surface area contributed by atoms with Crippen LogP contribution in [0.1, 0.15) is 0 Å². The second kappa shape index (κ2) is 10.6. The summed E-state index contributed by atoms with van der Waals surface area (Å²) in [7, 11) is 0. The second-order valence-corrected chi connectivity index (χ2v) is 12.6. The Kier molecular flexibility index (Phi) is 5.91. The Morgan fingerprint density at radius 3 is 1.52 bits per heavy atom. The van der Waals surface area contributed by atoms with Crippen molar-refractivity contribution in [3.63, 3.8) is 0 Å². The fourth-order valence-corrected chi connectivity index (χ4v) is 7.72. The molecule has 224 valence electrons. The summed E-state index contributed by atoms with van der Waals surface area (Å²) in [5.74, 6) is 0. The topological polar surface area (TPSA) is 9.86 Å². The molecule has 0 unspecified atom stereocenters. The van der Waals surface area contributed by atoms with E-state index in [2.05, 4.69) is 191 Å². The molecule has 8 aromatic carbocycles. The van der Waals surface area contributed by atoms with Crippen LogP contribution in [0.15, 0.2) is 182 Å². The monoisotopic (exact) mass is 610 g/mol. The zero-order valence-corrected chi connectivity index (χ0v) is 26.2.